The average molecular weight is 252 g/mol. The van der Waals surface area contributed by atoms with Gasteiger partial charge >= 0.3 is 0 Å². The quantitative estimate of drug-likeness (QED) is 0.604. The van der Waals surface area contributed by atoms with Gasteiger partial charge in [-0.15, -0.1) is 0 Å². The highest BCUT2D eigenvalue weighted by molar-refractivity contribution is 7.99. The van der Waals surface area contributed by atoms with Crippen LogP contribution in [0.1, 0.15) is 17.8 Å². The minimum Gasteiger partial charge on any atom is -0.381 e. The fourth-order valence-electron chi connectivity index (χ4n) is 1.80. The second-order valence-corrected chi connectivity index (χ2v) is 5.19. The summed E-state index contributed by atoms with van der Waals surface area (Å²) in [5.74, 6) is 0.764. The zero-order valence-corrected chi connectivity index (χ0v) is 10.9. The van der Waals surface area contributed by atoms with Gasteiger partial charge in [0.2, 0.25) is 0 Å². The molecule has 1 saturated heterocycles. The first-order valence-electron chi connectivity index (χ1n) is 5.70. The van der Waals surface area contributed by atoms with E-state index in [1.165, 1.54) is 11.8 Å². The molecule has 0 saturated carbocycles. The van der Waals surface area contributed by atoms with Crippen molar-refractivity contribution in [2.24, 2.45) is 5.92 Å². The third-order valence-corrected chi connectivity index (χ3v) is 3.56. The minimum absolute atomic E-state index is 0.0772. The monoisotopic (exact) mass is 252 g/mol. The normalized spacial score (nSPS) is 19.5. The second-order valence-electron chi connectivity index (χ2n) is 4.25. The first kappa shape index (κ1) is 12.5. The van der Waals surface area contributed by atoms with E-state index in [0.717, 1.165) is 17.8 Å². The van der Waals surface area contributed by atoms with E-state index < -0.39 is 0 Å². The lowest BCUT2D eigenvalue weighted by Crippen LogP contribution is -2.16. The van der Waals surface area contributed by atoms with Gasteiger partial charge in [0.25, 0.3) is 0 Å². The van der Waals surface area contributed by atoms with Crippen LogP contribution < -0.4 is 0 Å². The summed E-state index contributed by atoms with van der Waals surface area (Å²) < 4.78 is 5.21. The first-order chi connectivity index (χ1) is 8.15. The molecule has 1 unspecified atom stereocenters. The SMILES string of the molecule is Cc1cc(C)nc(SCC(=O)C2CCOC2)n1. The van der Waals surface area contributed by atoms with Crippen molar-refractivity contribution in [3.05, 3.63) is 17.5 Å². The third-order valence-electron chi connectivity index (χ3n) is 2.69. The van der Waals surface area contributed by atoms with Gasteiger partial charge in [0, 0.05) is 23.9 Å². The van der Waals surface area contributed by atoms with Crippen molar-refractivity contribution in [1.29, 1.82) is 0 Å². The van der Waals surface area contributed by atoms with Crippen molar-refractivity contribution in [1.82, 2.24) is 9.97 Å². The summed E-state index contributed by atoms with van der Waals surface area (Å²) in [7, 11) is 0. The van der Waals surface area contributed by atoms with Crippen LogP contribution in [0.15, 0.2) is 11.2 Å². The van der Waals surface area contributed by atoms with Crippen LogP contribution in [0.25, 0.3) is 0 Å². The number of rotatable bonds is 4. The van der Waals surface area contributed by atoms with Crippen LogP contribution in [0.3, 0.4) is 0 Å². The second kappa shape index (κ2) is 5.60. The van der Waals surface area contributed by atoms with Gasteiger partial charge in [-0.25, -0.2) is 9.97 Å². The largest absolute Gasteiger partial charge is 0.381 e. The number of nitrogens with zero attached hydrogens (tertiary/aromatic N) is 2. The summed E-state index contributed by atoms with van der Waals surface area (Å²) in [6.07, 6.45) is 0.854. The van der Waals surface area contributed by atoms with Gasteiger partial charge in [-0.05, 0) is 26.3 Å². The van der Waals surface area contributed by atoms with Crippen molar-refractivity contribution in [2.75, 3.05) is 19.0 Å². The Morgan fingerprint density at radius 3 is 2.76 bits per heavy atom. The molecule has 2 heterocycles. The molecular weight excluding hydrogens is 236 g/mol. The average Bonchev–Trinajstić information content (AvgIpc) is 2.78. The summed E-state index contributed by atoms with van der Waals surface area (Å²) in [5.41, 5.74) is 1.88. The van der Waals surface area contributed by atoms with Crippen LogP contribution in [-0.4, -0.2) is 34.7 Å². The number of hydrogen-bond donors (Lipinski definition) is 0. The Kier molecular flexibility index (Phi) is 4.12. The molecule has 92 valence electrons. The Labute approximate surface area is 105 Å². The summed E-state index contributed by atoms with van der Waals surface area (Å²) in [4.78, 5) is 20.4. The van der Waals surface area contributed by atoms with Gasteiger partial charge in [0.15, 0.2) is 5.16 Å². The van der Waals surface area contributed by atoms with E-state index in [4.69, 9.17) is 4.74 Å². The molecular formula is C12H16N2O2S. The van der Waals surface area contributed by atoms with Gasteiger partial charge in [0.05, 0.1) is 12.4 Å². The van der Waals surface area contributed by atoms with E-state index in [-0.39, 0.29) is 11.7 Å². The molecule has 1 atom stereocenters. The zero-order valence-electron chi connectivity index (χ0n) is 10.1. The van der Waals surface area contributed by atoms with Crippen molar-refractivity contribution >= 4 is 17.5 Å². The molecule has 1 fully saturated rings. The van der Waals surface area contributed by atoms with Crippen LogP contribution in [0.5, 0.6) is 0 Å². The maximum absolute atomic E-state index is 11.8. The van der Waals surface area contributed by atoms with Crippen molar-refractivity contribution in [3.8, 4) is 0 Å². The molecule has 0 N–H and O–H groups in total. The topological polar surface area (TPSA) is 52.1 Å². The number of aromatic nitrogens is 2. The predicted octanol–water partition coefficient (Wildman–Crippen LogP) is 1.79. The molecule has 0 bridgehead atoms. The Morgan fingerprint density at radius 2 is 2.18 bits per heavy atom. The molecule has 5 heteroatoms. The standard InChI is InChI=1S/C12H16N2O2S/c1-8-5-9(2)14-12(13-8)17-7-11(15)10-3-4-16-6-10/h5,10H,3-4,6-7H2,1-2H3. The van der Waals surface area contributed by atoms with E-state index in [0.29, 0.717) is 24.1 Å². The molecule has 1 aromatic rings. The van der Waals surface area contributed by atoms with Gasteiger partial charge in [-0.1, -0.05) is 11.8 Å². The number of ether oxygens (including phenoxy) is 1. The third kappa shape index (κ3) is 3.51. The van der Waals surface area contributed by atoms with Crippen molar-refractivity contribution in [3.63, 3.8) is 0 Å². The minimum atomic E-state index is 0.0772. The van der Waals surface area contributed by atoms with Crippen LogP contribution in [0.2, 0.25) is 0 Å². The number of Topliss-reactive ketones (excluding diaryl/α,β-unsaturated/α-hetero) is 1. The Bertz CT molecular complexity index is 397. The maximum Gasteiger partial charge on any atom is 0.188 e. The molecule has 4 nitrogen and oxygen atoms in total. The maximum atomic E-state index is 11.8. The number of carbonyl (C=O) groups is 1. The van der Waals surface area contributed by atoms with Gasteiger partial charge in [0.1, 0.15) is 5.78 Å². The molecule has 1 aliphatic heterocycles. The van der Waals surface area contributed by atoms with E-state index >= 15 is 0 Å². The molecule has 1 aliphatic rings. The highest BCUT2D eigenvalue weighted by atomic mass is 32.2. The van der Waals surface area contributed by atoms with Crippen molar-refractivity contribution in [2.45, 2.75) is 25.4 Å². The number of aryl methyl sites for hydroxylation is 2. The highest BCUT2D eigenvalue weighted by Crippen LogP contribution is 2.19. The molecule has 0 aliphatic carbocycles. The van der Waals surface area contributed by atoms with E-state index in [2.05, 4.69) is 9.97 Å². The lowest BCUT2D eigenvalue weighted by molar-refractivity contribution is -0.120. The smallest absolute Gasteiger partial charge is 0.188 e. The number of hydrogen-bond acceptors (Lipinski definition) is 5. The number of ketones is 1. The number of thioether (sulfide) groups is 1. The van der Waals surface area contributed by atoms with E-state index in [9.17, 15) is 4.79 Å². The Balaban J connectivity index is 1.90. The highest BCUT2D eigenvalue weighted by Gasteiger charge is 2.23. The van der Waals surface area contributed by atoms with E-state index in [1.807, 2.05) is 19.9 Å². The summed E-state index contributed by atoms with van der Waals surface area (Å²) >= 11 is 1.42. The molecule has 2 rings (SSSR count). The lowest BCUT2D eigenvalue weighted by Gasteiger charge is -2.06. The number of carbonyl (C=O) groups excluding carboxylic acids is 1. The van der Waals surface area contributed by atoms with Gasteiger partial charge < -0.3 is 4.74 Å². The van der Waals surface area contributed by atoms with Crippen molar-refractivity contribution < 1.29 is 9.53 Å². The zero-order chi connectivity index (χ0) is 12.3. The van der Waals surface area contributed by atoms with Crippen LogP contribution in [0, 0.1) is 19.8 Å². The Hall–Kier alpha value is -0.940. The molecule has 0 radical (unpaired) electrons. The van der Waals surface area contributed by atoms with E-state index in [1.54, 1.807) is 0 Å². The van der Waals surface area contributed by atoms with Gasteiger partial charge in [-0.2, -0.15) is 0 Å². The molecule has 1 aromatic heterocycles. The predicted molar refractivity (Wildman–Crippen MR) is 66.2 cm³/mol. The molecule has 0 aromatic carbocycles. The van der Waals surface area contributed by atoms with Crippen LogP contribution in [-0.2, 0) is 9.53 Å². The van der Waals surface area contributed by atoms with Gasteiger partial charge in [-0.3, -0.25) is 4.79 Å². The Morgan fingerprint density at radius 1 is 1.47 bits per heavy atom. The summed E-state index contributed by atoms with van der Waals surface area (Å²) in [6.45, 7) is 5.16. The fourth-order valence-corrected chi connectivity index (χ4v) is 2.72. The van der Waals surface area contributed by atoms with Crippen LogP contribution in [0.4, 0.5) is 0 Å². The first-order valence-corrected chi connectivity index (χ1v) is 6.69. The molecule has 17 heavy (non-hydrogen) atoms. The summed E-state index contributed by atoms with van der Waals surface area (Å²) in [6, 6.07) is 1.93. The summed E-state index contributed by atoms with van der Waals surface area (Å²) in [5, 5.41) is 0.690. The molecule has 0 spiro atoms. The fraction of sp³-hybridized carbons (Fsp3) is 0.583. The van der Waals surface area contributed by atoms with Crippen LogP contribution >= 0.6 is 11.8 Å². The lowest BCUT2D eigenvalue weighted by atomic mass is 10.1. The molecule has 0 amide bonds.